The molecule has 0 aliphatic heterocycles. The first-order valence-electron chi connectivity index (χ1n) is 9.11. The number of alkyl halides is 3. The third-order valence-corrected chi connectivity index (χ3v) is 3.97. The quantitative estimate of drug-likeness (QED) is 0.223. The van der Waals surface area contributed by atoms with Crippen LogP contribution in [-0.2, 0) is 17.9 Å². The van der Waals surface area contributed by atoms with E-state index in [0.29, 0.717) is 23.6 Å². The maximum absolute atomic E-state index is 12.5. The molecular weight excluding hydrogens is 542 g/mol. The molecule has 0 aliphatic carbocycles. The van der Waals surface area contributed by atoms with Gasteiger partial charge in [0.2, 0.25) is 5.91 Å². The topological polar surface area (TPSA) is 118 Å². The zero-order chi connectivity index (χ0) is 22.9. The van der Waals surface area contributed by atoms with E-state index in [9.17, 15) is 22.8 Å². The number of aliphatic imine (C=N–C) groups is 1. The first kappa shape index (κ1) is 27.0. The highest BCUT2D eigenvalue weighted by molar-refractivity contribution is 14.0. The van der Waals surface area contributed by atoms with Crippen LogP contribution >= 0.6 is 24.0 Å². The number of ether oxygens (including phenoxy) is 1. The van der Waals surface area contributed by atoms with Crippen LogP contribution in [0.4, 0.5) is 13.2 Å². The Balaban J connectivity index is 0.00000512. The number of nitrogens with two attached hydrogens (primary N) is 1. The van der Waals surface area contributed by atoms with Gasteiger partial charge in [0.05, 0.1) is 6.54 Å². The molecule has 2 amide bonds. The summed E-state index contributed by atoms with van der Waals surface area (Å²) in [5, 5.41) is 8.34. The minimum absolute atomic E-state index is 0. The highest BCUT2D eigenvalue weighted by Crippen LogP contribution is 2.26. The normalized spacial score (nSPS) is 11.2. The minimum Gasteiger partial charge on any atom is -0.405 e. The Labute approximate surface area is 199 Å². The van der Waals surface area contributed by atoms with Gasteiger partial charge in [-0.05, 0) is 23.8 Å². The van der Waals surface area contributed by atoms with Crippen LogP contribution in [0, 0.1) is 0 Å². The lowest BCUT2D eigenvalue weighted by molar-refractivity contribution is -0.274. The number of nitrogens with zero attached hydrogens (tertiary/aromatic N) is 1. The Kier molecular flexibility index (Phi) is 10.7. The van der Waals surface area contributed by atoms with Crippen LogP contribution in [0.25, 0.3) is 0 Å². The number of hydrogen-bond donors (Lipinski definition) is 4. The average Bonchev–Trinajstić information content (AvgIpc) is 2.72. The fraction of sp³-hybridized carbons (Fsp3) is 0.250. The molecule has 32 heavy (non-hydrogen) atoms. The van der Waals surface area contributed by atoms with E-state index in [0.717, 1.165) is 5.56 Å². The Morgan fingerprint density at radius 2 is 1.62 bits per heavy atom. The zero-order valence-electron chi connectivity index (χ0n) is 17.0. The molecule has 0 bridgehead atoms. The summed E-state index contributed by atoms with van der Waals surface area (Å²) in [6.07, 6.45) is -4.78. The van der Waals surface area contributed by atoms with E-state index in [4.69, 9.17) is 5.73 Å². The smallest absolute Gasteiger partial charge is 0.405 e. The number of carbonyl (C=O) groups is 2. The lowest BCUT2D eigenvalue weighted by Gasteiger charge is -2.15. The van der Waals surface area contributed by atoms with Gasteiger partial charge in [-0.3, -0.25) is 14.6 Å². The van der Waals surface area contributed by atoms with Crippen molar-refractivity contribution in [3.63, 3.8) is 0 Å². The molecule has 5 N–H and O–H groups in total. The van der Waals surface area contributed by atoms with Crippen LogP contribution in [0.15, 0.2) is 53.5 Å². The molecule has 12 heteroatoms. The Morgan fingerprint density at radius 1 is 1.00 bits per heavy atom. The van der Waals surface area contributed by atoms with Crippen LogP contribution in [-0.4, -0.2) is 37.7 Å². The molecule has 0 heterocycles. The molecule has 0 saturated heterocycles. The first-order valence-corrected chi connectivity index (χ1v) is 9.11. The molecule has 2 rings (SSSR count). The van der Waals surface area contributed by atoms with Crippen LogP contribution in [0.5, 0.6) is 5.75 Å². The summed E-state index contributed by atoms with van der Waals surface area (Å²) in [6.45, 7) is 0.162. The lowest BCUT2D eigenvalue weighted by atomic mass is 10.1. The van der Waals surface area contributed by atoms with Crippen molar-refractivity contribution in [2.75, 3.05) is 13.6 Å². The van der Waals surface area contributed by atoms with Crippen molar-refractivity contribution in [3.8, 4) is 5.75 Å². The summed E-state index contributed by atoms with van der Waals surface area (Å²) in [7, 11) is 1.53. The van der Waals surface area contributed by atoms with Gasteiger partial charge in [-0.2, -0.15) is 0 Å². The van der Waals surface area contributed by atoms with Crippen LogP contribution in [0.1, 0.15) is 21.5 Å². The molecule has 2 aromatic carbocycles. The Bertz CT molecular complexity index is 937. The van der Waals surface area contributed by atoms with E-state index in [1.165, 1.54) is 25.2 Å². The van der Waals surface area contributed by atoms with Crippen molar-refractivity contribution in [2.24, 2.45) is 10.7 Å². The fourth-order valence-electron chi connectivity index (χ4n) is 2.50. The summed E-state index contributed by atoms with van der Waals surface area (Å²) in [6, 6.07) is 12.4. The number of carbonyl (C=O) groups excluding carboxylic acids is 2. The van der Waals surface area contributed by atoms with Crippen molar-refractivity contribution in [3.05, 3.63) is 65.2 Å². The van der Waals surface area contributed by atoms with Crippen molar-refractivity contribution in [2.45, 2.75) is 19.5 Å². The van der Waals surface area contributed by atoms with Gasteiger partial charge in [0.15, 0.2) is 5.96 Å². The van der Waals surface area contributed by atoms with Crippen molar-refractivity contribution >= 4 is 41.8 Å². The Morgan fingerprint density at radius 3 is 2.22 bits per heavy atom. The number of primary amides is 1. The summed E-state index contributed by atoms with van der Waals surface area (Å²) in [5.41, 5.74) is 6.50. The van der Waals surface area contributed by atoms with Gasteiger partial charge in [0.1, 0.15) is 5.75 Å². The molecular formula is C20H23F3IN5O3. The molecule has 0 spiro atoms. The molecule has 174 valence electrons. The van der Waals surface area contributed by atoms with Crippen molar-refractivity contribution in [1.29, 1.82) is 0 Å². The highest BCUT2D eigenvalue weighted by atomic mass is 127. The maximum atomic E-state index is 12.5. The number of para-hydroxylation sites is 1. The molecule has 0 atom stereocenters. The van der Waals surface area contributed by atoms with E-state index in [2.05, 4.69) is 25.7 Å². The number of guanidine groups is 1. The van der Waals surface area contributed by atoms with Crippen molar-refractivity contribution in [1.82, 2.24) is 16.0 Å². The molecule has 0 aliphatic rings. The lowest BCUT2D eigenvalue weighted by Crippen LogP contribution is -2.36. The van der Waals surface area contributed by atoms with Gasteiger partial charge in [-0.25, -0.2) is 0 Å². The predicted molar refractivity (Wildman–Crippen MR) is 124 cm³/mol. The van der Waals surface area contributed by atoms with E-state index in [1.807, 2.05) is 0 Å². The molecule has 8 nitrogen and oxygen atoms in total. The van der Waals surface area contributed by atoms with Gasteiger partial charge >= 0.3 is 6.36 Å². The summed E-state index contributed by atoms with van der Waals surface area (Å²) in [4.78, 5) is 26.6. The number of nitrogens with one attached hydrogen (secondary N) is 3. The predicted octanol–water partition coefficient (Wildman–Crippen LogP) is 2.28. The highest BCUT2D eigenvalue weighted by Gasteiger charge is 2.31. The van der Waals surface area contributed by atoms with Gasteiger partial charge in [0.25, 0.3) is 5.91 Å². The van der Waals surface area contributed by atoms with Gasteiger partial charge in [-0.15, -0.1) is 37.1 Å². The van der Waals surface area contributed by atoms with Gasteiger partial charge < -0.3 is 26.4 Å². The number of benzene rings is 2. The van der Waals surface area contributed by atoms with Crippen molar-refractivity contribution < 1.29 is 27.5 Å². The second-order valence-corrected chi connectivity index (χ2v) is 6.28. The monoisotopic (exact) mass is 565 g/mol. The second kappa shape index (κ2) is 12.7. The molecule has 0 fully saturated rings. The zero-order valence-corrected chi connectivity index (χ0v) is 19.4. The molecule has 0 saturated carbocycles. The van der Waals surface area contributed by atoms with Crippen LogP contribution in [0.3, 0.4) is 0 Å². The maximum Gasteiger partial charge on any atom is 0.573 e. The SMILES string of the molecule is CN=C(NCc1ccc(C(=O)NCC(N)=O)cc1)NCc1ccccc1OC(F)(F)F.I. The standard InChI is InChI=1S/C20H22F3N5O3.HI/c1-25-19(28-11-15-4-2-3-5-16(15)31-20(21,22)23)27-10-13-6-8-14(9-7-13)18(30)26-12-17(24)29;/h2-9H,10-12H2,1H3,(H2,24,29)(H,26,30)(H2,25,27,28);1H. The van der Waals surface area contributed by atoms with E-state index in [-0.39, 0.29) is 42.8 Å². The van der Waals surface area contributed by atoms with Crippen LogP contribution in [0.2, 0.25) is 0 Å². The van der Waals surface area contributed by atoms with Gasteiger partial charge in [0, 0.05) is 31.3 Å². The average molecular weight is 565 g/mol. The fourth-order valence-corrected chi connectivity index (χ4v) is 2.50. The van der Waals surface area contributed by atoms with E-state index >= 15 is 0 Å². The molecule has 0 unspecified atom stereocenters. The van der Waals surface area contributed by atoms with E-state index < -0.39 is 18.2 Å². The third kappa shape index (κ3) is 9.41. The number of rotatable bonds is 8. The van der Waals surface area contributed by atoms with Crippen LogP contribution < -0.4 is 26.4 Å². The Hall–Kier alpha value is -3.03. The first-order chi connectivity index (χ1) is 14.7. The summed E-state index contributed by atoms with van der Waals surface area (Å²) >= 11 is 0. The minimum atomic E-state index is -4.78. The largest absolute Gasteiger partial charge is 0.573 e. The molecule has 0 radical (unpaired) electrons. The molecule has 2 aromatic rings. The number of halogens is 4. The number of amides is 2. The van der Waals surface area contributed by atoms with E-state index in [1.54, 1.807) is 30.3 Å². The second-order valence-electron chi connectivity index (χ2n) is 6.28. The summed E-state index contributed by atoms with van der Waals surface area (Å²) in [5.74, 6) is -0.982. The summed E-state index contributed by atoms with van der Waals surface area (Å²) < 4.78 is 41.6. The third-order valence-electron chi connectivity index (χ3n) is 3.97. The molecule has 0 aromatic heterocycles. The number of hydrogen-bond acceptors (Lipinski definition) is 4. The van der Waals surface area contributed by atoms with Gasteiger partial charge in [-0.1, -0.05) is 30.3 Å².